The number of ether oxygens (including phenoxy) is 1. The van der Waals surface area contributed by atoms with E-state index in [-0.39, 0.29) is 24.8 Å². The minimum Gasteiger partial charge on any atom is -0.454 e. The van der Waals surface area contributed by atoms with Gasteiger partial charge >= 0.3 is 5.97 Å². The average molecular weight is 399 g/mol. The van der Waals surface area contributed by atoms with Crippen LogP contribution in [0.4, 0.5) is 0 Å². The molecule has 2 rings (SSSR count). The fourth-order valence-corrected chi connectivity index (χ4v) is 2.81. The normalized spacial score (nSPS) is 11.7. The highest BCUT2D eigenvalue weighted by Gasteiger charge is 2.26. The average Bonchev–Trinajstić information content (AvgIpc) is 2.68. The van der Waals surface area contributed by atoms with Crippen LogP contribution < -0.4 is 16.4 Å². The van der Waals surface area contributed by atoms with Crippen LogP contribution in [0.25, 0.3) is 10.8 Å². The van der Waals surface area contributed by atoms with E-state index in [9.17, 15) is 19.2 Å². The molecule has 3 amide bonds. The summed E-state index contributed by atoms with van der Waals surface area (Å²) in [4.78, 5) is 47.1. The Morgan fingerprint density at radius 2 is 1.69 bits per heavy atom. The van der Waals surface area contributed by atoms with Gasteiger partial charge in [-0.2, -0.15) is 0 Å². The molecule has 4 N–H and O–H groups in total. The molecule has 2 aromatic rings. The summed E-state index contributed by atoms with van der Waals surface area (Å²) < 4.78 is 4.96. The zero-order valence-electron chi connectivity index (χ0n) is 16.4. The Bertz CT molecular complexity index is 905. The Balaban J connectivity index is 1.96. The number of carbonyl (C=O) groups excluding carboxylic acids is 4. The van der Waals surface area contributed by atoms with Gasteiger partial charge in [-0.1, -0.05) is 56.3 Å². The first-order chi connectivity index (χ1) is 13.8. The molecule has 0 aliphatic carbocycles. The lowest BCUT2D eigenvalue weighted by Crippen LogP contribution is -2.47. The summed E-state index contributed by atoms with van der Waals surface area (Å²) in [5.74, 6) is -2.64. The van der Waals surface area contributed by atoms with E-state index in [1.807, 2.05) is 42.5 Å². The van der Waals surface area contributed by atoms with Crippen LogP contribution in [-0.2, 0) is 30.3 Å². The van der Waals surface area contributed by atoms with Gasteiger partial charge in [-0.3, -0.25) is 14.4 Å². The second-order valence-corrected chi connectivity index (χ2v) is 6.96. The van der Waals surface area contributed by atoms with Crippen LogP contribution in [-0.4, -0.2) is 42.9 Å². The molecule has 2 aromatic carbocycles. The van der Waals surface area contributed by atoms with E-state index in [2.05, 4.69) is 10.6 Å². The Labute approximate surface area is 168 Å². The maximum Gasteiger partial charge on any atom is 0.329 e. The zero-order chi connectivity index (χ0) is 21.4. The van der Waals surface area contributed by atoms with E-state index in [0.717, 1.165) is 16.3 Å². The molecule has 29 heavy (non-hydrogen) atoms. The van der Waals surface area contributed by atoms with Crippen LogP contribution in [0.15, 0.2) is 42.5 Å². The molecular formula is C21H25N3O5. The van der Waals surface area contributed by atoms with Crippen molar-refractivity contribution in [2.45, 2.75) is 26.3 Å². The van der Waals surface area contributed by atoms with Gasteiger partial charge < -0.3 is 21.1 Å². The van der Waals surface area contributed by atoms with Crippen LogP contribution in [0, 0.1) is 5.92 Å². The Kier molecular flexibility index (Phi) is 7.70. The first-order valence-electron chi connectivity index (χ1n) is 9.25. The van der Waals surface area contributed by atoms with Gasteiger partial charge in [0.1, 0.15) is 6.04 Å². The highest BCUT2D eigenvalue weighted by Crippen LogP contribution is 2.19. The zero-order valence-corrected chi connectivity index (χ0v) is 16.4. The van der Waals surface area contributed by atoms with Crippen molar-refractivity contribution in [2.75, 3.05) is 13.2 Å². The fourth-order valence-electron chi connectivity index (χ4n) is 2.81. The molecule has 0 saturated heterocycles. The Morgan fingerprint density at radius 3 is 2.38 bits per heavy atom. The van der Waals surface area contributed by atoms with Crippen molar-refractivity contribution in [3.05, 3.63) is 48.0 Å². The van der Waals surface area contributed by atoms with Crippen molar-refractivity contribution in [3.8, 4) is 0 Å². The lowest BCUT2D eigenvalue weighted by molar-refractivity contribution is -0.152. The van der Waals surface area contributed by atoms with Crippen molar-refractivity contribution in [1.29, 1.82) is 0 Å². The molecular weight excluding hydrogens is 374 g/mol. The minimum atomic E-state index is -0.901. The van der Waals surface area contributed by atoms with Gasteiger partial charge in [0.25, 0.3) is 5.91 Å². The molecule has 8 heteroatoms. The third-order valence-corrected chi connectivity index (χ3v) is 4.27. The smallest absolute Gasteiger partial charge is 0.329 e. The summed E-state index contributed by atoms with van der Waals surface area (Å²) in [7, 11) is 0. The summed E-state index contributed by atoms with van der Waals surface area (Å²) in [6.45, 7) is 2.62. The van der Waals surface area contributed by atoms with Crippen molar-refractivity contribution >= 4 is 34.5 Å². The van der Waals surface area contributed by atoms with Gasteiger partial charge in [0.2, 0.25) is 11.8 Å². The number of rotatable bonds is 9. The fraction of sp³-hybridized carbons (Fsp3) is 0.333. The van der Waals surface area contributed by atoms with Crippen molar-refractivity contribution in [3.63, 3.8) is 0 Å². The second kappa shape index (κ2) is 10.2. The van der Waals surface area contributed by atoms with Gasteiger partial charge in [-0.25, -0.2) is 4.79 Å². The second-order valence-electron chi connectivity index (χ2n) is 6.96. The lowest BCUT2D eigenvalue weighted by Gasteiger charge is -2.21. The molecule has 0 fully saturated rings. The molecule has 154 valence electrons. The molecule has 0 heterocycles. The van der Waals surface area contributed by atoms with Crippen molar-refractivity contribution < 1.29 is 23.9 Å². The highest BCUT2D eigenvalue weighted by atomic mass is 16.5. The summed E-state index contributed by atoms with van der Waals surface area (Å²) in [5, 5.41) is 6.90. The summed E-state index contributed by atoms with van der Waals surface area (Å²) >= 11 is 0. The topological polar surface area (TPSA) is 128 Å². The third-order valence-electron chi connectivity index (χ3n) is 4.27. The lowest BCUT2D eigenvalue weighted by atomic mass is 10.0. The first kappa shape index (κ1) is 21.9. The molecule has 0 saturated carbocycles. The van der Waals surface area contributed by atoms with Crippen LogP contribution in [0.1, 0.15) is 19.4 Å². The molecule has 0 unspecified atom stereocenters. The van der Waals surface area contributed by atoms with Crippen LogP contribution >= 0.6 is 0 Å². The number of nitrogens with one attached hydrogen (secondary N) is 2. The van der Waals surface area contributed by atoms with E-state index in [1.165, 1.54) is 0 Å². The summed E-state index contributed by atoms with van der Waals surface area (Å²) in [6, 6.07) is 12.6. The van der Waals surface area contributed by atoms with E-state index >= 15 is 0 Å². The predicted octanol–water partition coefficient (Wildman–Crippen LogP) is 0.668. The Morgan fingerprint density at radius 1 is 1.00 bits per heavy atom. The van der Waals surface area contributed by atoms with E-state index in [0.29, 0.717) is 0 Å². The van der Waals surface area contributed by atoms with Crippen LogP contribution in [0.3, 0.4) is 0 Å². The molecule has 0 bridgehead atoms. The standard InChI is InChI=1S/C21H25N3O5/c1-13(2)20(21(28)29-12-19(27)23-11-17(22)25)24-18(26)10-15-8-5-7-14-6-3-4-9-16(14)15/h3-9,13,20H,10-12H2,1-2H3,(H2,22,25)(H,23,27)(H,24,26)/t20-/m0/s1. The number of nitrogens with two attached hydrogens (primary N) is 1. The number of primary amides is 1. The SMILES string of the molecule is CC(C)[C@H](NC(=O)Cc1cccc2ccccc12)C(=O)OCC(=O)NCC(N)=O. The predicted molar refractivity (Wildman–Crippen MR) is 108 cm³/mol. The number of esters is 1. The summed E-state index contributed by atoms with van der Waals surface area (Å²) in [6.07, 6.45) is 0.108. The molecule has 1 atom stereocenters. The van der Waals surface area contributed by atoms with Gasteiger partial charge in [-0.05, 0) is 22.3 Å². The highest BCUT2D eigenvalue weighted by molar-refractivity contribution is 5.92. The van der Waals surface area contributed by atoms with Crippen LogP contribution in [0.2, 0.25) is 0 Å². The molecule has 0 aliphatic rings. The number of fused-ring (bicyclic) bond motifs is 1. The van der Waals surface area contributed by atoms with Gasteiger partial charge in [0.05, 0.1) is 13.0 Å². The number of benzene rings is 2. The number of hydrogen-bond acceptors (Lipinski definition) is 5. The maximum atomic E-state index is 12.5. The summed E-state index contributed by atoms with van der Waals surface area (Å²) in [5.41, 5.74) is 5.78. The molecule has 0 aromatic heterocycles. The largest absolute Gasteiger partial charge is 0.454 e. The monoisotopic (exact) mass is 399 g/mol. The minimum absolute atomic E-state index is 0.108. The Hall–Kier alpha value is -3.42. The van der Waals surface area contributed by atoms with Gasteiger partial charge in [-0.15, -0.1) is 0 Å². The quantitative estimate of drug-likeness (QED) is 0.534. The molecule has 0 aliphatic heterocycles. The van der Waals surface area contributed by atoms with Crippen molar-refractivity contribution in [1.82, 2.24) is 10.6 Å². The maximum absolute atomic E-state index is 12.5. The van der Waals surface area contributed by atoms with E-state index in [4.69, 9.17) is 10.5 Å². The van der Waals surface area contributed by atoms with Gasteiger partial charge in [0, 0.05) is 0 Å². The van der Waals surface area contributed by atoms with Crippen LogP contribution in [0.5, 0.6) is 0 Å². The van der Waals surface area contributed by atoms with Crippen molar-refractivity contribution in [2.24, 2.45) is 11.7 Å². The van der Waals surface area contributed by atoms with E-state index < -0.39 is 30.4 Å². The third kappa shape index (κ3) is 6.60. The van der Waals surface area contributed by atoms with E-state index in [1.54, 1.807) is 13.8 Å². The van der Waals surface area contributed by atoms with Gasteiger partial charge in [0.15, 0.2) is 6.61 Å². The first-order valence-corrected chi connectivity index (χ1v) is 9.25. The molecule has 8 nitrogen and oxygen atoms in total. The number of hydrogen-bond donors (Lipinski definition) is 3. The number of amides is 3. The molecule has 0 spiro atoms. The number of carbonyl (C=O) groups is 4. The molecule has 0 radical (unpaired) electrons.